The van der Waals surface area contributed by atoms with Crippen LogP contribution in [0.3, 0.4) is 0 Å². The molecule has 0 spiro atoms. The number of hydrogen-bond acceptors (Lipinski definition) is 8. The molecule has 3 aromatic heterocycles. The molecular weight excluding hydrogens is 530 g/mol. The van der Waals surface area contributed by atoms with Gasteiger partial charge in [-0.2, -0.15) is 10.4 Å². The van der Waals surface area contributed by atoms with Crippen molar-refractivity contribution in [2.24, 2.45) is 11.8 Å². The highest BCUT2D eigenvalue weighted by molar-refractivity contribution is 5.81. The van der Waals surface area contributed by atoms with Crippen LogP contribution in [-0.4, -0.2) is 96.4 Å². The number of fused-ring (bicyclic) bond motifs is 1. The largest absolute Gasteiger partial charge is 0.383 e. The van der Waals surface area contributed by atoms with Gasteiger partial charge in [0.15, 0.2) is 0 Å². The summed E-state index contributed by atoms with van der Waals surface area (Å²) in [6.45, 7) is 7.81. The van der Waals surface area contributed by atoms with Crippen LogP contribution in [0.25, 0.3) is 16.8 Å². The molecule has 0 N–H and O–H groups in total. The number of ether oxygens (including phenoxy) is 2. The number of nitriles is 1. The maximum Gasteiger partial charge on any atom is 0.225 e. The highest BCUT2D eigenvalue weighted by Crippen LogP contribution is 2.38. The van der Waals surface area contributed by atoms with Crippen LogP contribution < -0.4 is 4.90 Å². The van der Waals surface area contributed by atoms with E-state index < -0.39 is 0 Å². The number of anilines is 1. The zero-order valence-electron chi connectivity index (χ0n) is 24.9. The van der Waals surface area contributed by atoms with Crippen molar-refractivity contribution in [3.8, 4) is 17.3 Å². The zero-order valence-corrected chi connectivity index (χ0v) is 24.9. The number of piperazine rings is 1. The number of carbonyl (C=O) groups is 1. The Morgan fingerprint density at radius 3 is 2.52 bits per heavy atom. The van der Waals surface area contributed by atoms with E-state index in [-0.39, 0.29) is 23.3 Å². The first-order valence-corrected chi connectivity index (χ1v) is 15.1. The summed E-state index contributed by atoms with van der Waals surface area (Å²) in [6.07, 6.45) is 9.09. The van der Waals surface area contributed by atoms with Gasteiger partial charge in [-0.15, -0.1) is 0 Å². The van der Waals surface area contributed by atoms with E-state index >= 15 is 0 Å². The molecule has 42 heavy (non-hydrogen) atoms. The van der Waals surface area contributed by atoms with Crippen molar-refractivity contribution in [1.82, 2.24) is 24.4 Å². The Morgan fingerprint density at radius 2 is 1.88 bits per heavy atom. The molecule has 0 aromatic carbocycles. The van der Waals surface area contributed by atoms with Crippen molar-refractivity contribution in [1.29, 1.82) is 5.26 Å². The third-order valence-corrected chi connectivity index (χ3v) is 9.70. The second-order valence-corrected chi connectivity index (χ2v) is 12.1. The lowest BCUT2D eigenvalue weighted by Crippen LogP contribution is -2.52. The Balaban J connectivity index is 1.13. The predicted octanol–water partition coefficient (Wildman–Crippen LogP) is 3.57. The van der Waals surface area contributed by atoms with Crippen molar-refractivity contribution in [2.75, 3.05) is 65.0 Å². The second kappa shape index (κ2) is 12.0. The van der Waals surface area contributed by atoms with Crippen LogP contribution in [0.4, 0.5) is 5.69 Å². The van der Waals surface area contributed by atoms with Crippen LogP contribution in [0.2, 0.25) is 0 Å². The van der Waals surface area contributed by atoms with Crippen molar-refractivity contribution in [2.45, 2.75) is 44.2 Å². The predicted molar refractivity (Wildman–Crippen MR) is 160 cm³/mol. The lowest BCUT2D eigenvalue weighted by atomic mass is 9.75. The topological polar surface area (TPSA) is 99.2 Å². The Hall–Kier alpha value is -3.52. The normalized spacial score (nSPS) is 23.4. The number of pyridine rings is 1. The summed E-state index contributed by atoms with van der Waals surface area (Å²) in [5.74, 6) is 0.285. The number of nitrogens with zero attached hydrogens (tertiary/aromatic N) is 7. The van der Waals surface area contributed by atoms with E-state index in [1.165, 1.54) is 0 Å². The third-order valence-electron chi connectivity index (χ3n) is 9.70. The summed E-state index contributed by atoms with van der Waals surface area (Å²) < 4.78 is 13.4. The fourth-order valence-electron chi connectivity index (χ4n) is 6.88. The summed E-state index contributed by atoms with van der Waals surface area (Å²) >= 11 is 0. The molecule has 6 rings (SSSR count). The van der Waals surface area contributed by atoms with E-state index in [1.807, 2.05) is 35.1 Å². The number of likely N-dealkylation sites (tertiary alicyclic amines) is 1. The van der Waals surface area contributed by atoms with Crippen LogP contribution in [0, 0.1) is 23.2 Å². The molecule has 3 aliphatic rings. The van der Waals surface area contributed by atoms with Gasteiger partial charge in [0, 0.05) is 101 Å². The van der Waals surface area contributed by atoms with Crippen LogP contribution in [0.5, 0.6) is 0 Å². The van der Waals surface area contributed by atoms with Crippen LogP contribution in [-0.2, 0) is 19.9 Å². The molecule has 10 nitrogen and oxygen atoms in total. The van der Waals surface area contributed by atoms with Gasteiger partial charge in [-0.1, -0.05) is 6.07 Å². The standard InChI is InChI=1S/C32H41N7O3/c1-23(22-41-2)36-10-7-32(42-3,8-11-36)27-4-5-28(34-20-27)26-18-30-29(6-9-35-39(30)21-26)37-12-14-38(15-13-37)31(40)25-16-24(17-25)19-33/h4-6,9,18,20-21,23-25H,7-8,10-17,22H2,1-3H3/t23-,24?,25?/m0/s1. The molecule has 3 aromatic rings. The molecule has 10 heteroatoms. The number of hydrogen-bond donors (Lipinski definition) is 0. The number of carbonyl (C=O) groups excluding carboxylic acids is 1. The average Bonchev–Trinajstić information content (AvgIpc) is 3.46. The SMILES string of the molecule is COC[C@H](C)N1CCC(OC)(c2ccc(-c3cc4c(N5CCN(C(=O)C6CC(C#N)C6)CC5)ccnn4c3)nc2)CC1. The van der Waals surface area contributed by atoms with E-state index in [4.69, 9.17) is 19.7 Å². The number of amides is 1. The summed E-state index contributed by atoms with van der Waals surface area (Å²) in [6, 6.07) is 11.1. The Labute approximate surface area is 247 Å². The van der Waals surface area contributed by atoms with Crippen molar-refractivity contribution in [3.63, 3.8) is 0 Å². The van der Waals surface area contributed by atoms with Gasteiger partial charge in [0.25, 0.3) is 0 Å². The van der Waals surface area contributed by atoms with Gasteiger partial charge in [-0.25, -0.2) is 4.52 Å². The lowest BCUT2D eigenvalue weighted by molar-refractivity contribution is -0.139. The fraction of sp³-hybridized carbons (Fsp3) is 0.562. The molecule has 0 radical (unpaired) electrons. The minimum atomic E-state index is -0.325. The van der Waals surface area contributed by atoms with Crippen molar-refractivity contribution >= 4 is 17.1 Å². The molecular formula is C32H41N7O3. The smallest absolute Gasteiger partial charge is 0.225 e. The summed E-state index contributed by atoms with van der Waals surface area (Å²) in [5, 5.41) is 13.6. The average molecular weight is 572 g/mol. The quantitative estimate of drug-likeness (QED) is 0.405. The number of piperidine rings is 1. The van der Waals surface area contributed by atoms with Gasteiger partial charge in [0.2, 0.25) is 5.91 Å². The highest BCUT2D eigenvalue weighted by atomic mass is 16.5. The maximum absolute atomic E-state index is 12.8. The van der Waals surface area contributed by atoms with Crippen molar-refractivity contribution in [3.05, 3.63) is 48.4 Å². The minimum Gasteiger partial charge on any atom is -0.383 e. The van der Waals surface area contributed by atoms with Gasteiger partial charge >= 0.3 is 0 Å². The molecule has 3 fully saturated rings. The van der Waals surface area contributed by atoms with Gasteiger partial charge in [-0.05, 0) is 50.8 Å². The Kier molecular flexibility index (Phi) is 8.17. The summed E-state index contributed by atoms with van der Waals surface area (Å²) in [7, 11) is 3.57. The fourth-order valence-corrected chi connectivity index (χ4v) is 6.88. The van der Waals surface area contributed by atoms with Gasteiger partial charge < -0.3 is 19.3 Å². The summed E-state index contributed by atoms with van der Waals surface area (Å²) in [4.78, 5) is 24.5. The second-order valence-electron chi connectivity index (χ2n) is 12.1. The van der Waals surface area contributed by atoms with Crippen LogP contribution in [0.15, 0.2) is 42.9 Å². The molecule has 1 atom stereocenters. The molecule has 5 heterocycles. The van der Waals surface area contributed by atoms with Gasteiger partial charge in [0.1, 0.15) is 0 Å². The molecule has 1 aliphatic carbocycles. The molecule has 1 amide bonds. The van der Waals surface area contributed by atoms with Gasteiger partial charge in [0.05, 0.1) is 35.2 Å². The summed E-state index contributed by atoms with van der Waals surface area (Å²) in [5.41, 5.74) is 4.85. The van der Waals surface area contributed by atoms with Crippen LogP contribution in [0.1, 0.15) is 38.2 Å². The molecule has 0 unspecified atom stereocenters. The third kappa shape index (κ3) is 5.37. The zero-order chi connectivity index (χ0) is 29.3. The van der Waals surface area contributed by atoms with E-state index in [0.29, 0.717) is 32.0 Å². The van der Waals surface area contributed by atoms with E-state index in [9.17, 15) is 4.79 Å². The number of rotatable bonds is 8. The molecule has 2 saturated heterocycles. The number of methoxy groups -OCH3 is 2. The van der Waals surface area contributed by atoms with Gasteiger partial charge in [-0.3, -0.25) is 14.7 Å². The Bertz CT molecular complexity index is 1430. The number of aromatic nitrogens is 3. The Morgan fingerprint density at radius 1 is 1.12 bits per heavy atom. The molecule has 2 aliphatic heterocycles. The van der Waals surface area contributed by atoms with E-state index in [0.717, 1.165) is 73.7 Å². The maximum atomic E-state index is 12.8. The van der Waals surface area contributed by atoms with Crippen LogP contribution >= 0.6 is 0 Å². The lowest BCUT2D eigenvalue weighted by Gasteiger charge is -2.43. The monoisotopic (exact) mass is 571 g/mol. The van der Waals surface area contributed by atoms with E-state index in [1.54, 1.807) is 7.11 Å². The first-order chi connectivity index (χ1) is 20.4. The molecule has 1 saturated carbocycles. The highest BCUT2D eigenvalue weighted by Gasteiger charge is 2.39. The minimum absolute atomic E-state index is 0.0251. The molecule has 222 valence electrons. The van der Waals surface area contributed by atoms with E-state index in [2.05, 4.69) is 52.2 Å². The first kappa shape index (κ1) is 28.6. The molecule has 0 bridgehead atoms. The van der Waals surface area contributed by atoms with Crippen molar-refractivity contribution < 1.29 is 14.3 Å². The first-order valence-electron chi connectivity index (χ1n) is 15.1.